The first kappa shape index (κ1) is 16.5. The van der Waals surface area contributed by atoms with Gasteiger partial charge in [0.2, 0.25) is 0 Å². The molecule has 1 aliphatic rings. The molecule has 0 bridgehead atoms. The van der Waals surface area contributed by atoms with Gasteiger partial charge in [-0.15, -0.1) is 0 Å². The second-order valence-corrected chi connectivity index (χ2v) is 7.03. The lowest BCUT2D eigenvalue weighted by Gasteiger charge is -2.25. The number of halogens is 5. The van der Waals surface area contributed by atoms with E-state index in [0.29, 0.717) is 11.1 Å². The molecule has 0 fully saturated rings. The maximum Gasteiger partial charge on any atom is 0.472 e. The van der Waals surface area contributed by atoms with Crippen molar-refractivity contribution in [2.75, 3.05) is 4.90 Å². The maximum atomic E-state index is 13.1. The van der Waals surface area contributed by atoms with E-state index in [0.717, 1.165) is 4.90 Å². The molecule has 0 radical (unpaired) electrons. The summed E-state index contributed by atoms with van der Waals surface area (Å²) < 4.78 is 39.4. The van der Waals surface area contributed by atoms with Crippen LogP contribution in [-0.4, -0.2) is 12.1 Å². The van der Waals surface area contributed by atoms with Gasteiger partial charge in [-0.3, -0.25) is 9.69 Å². The highest BCUT2D eigenvalue weighted by Crippen LogP contribution is 2.52. The number of anilines is 2. The highest BCUT2D eigenvalue weighted by molar-refractivity contribution is 9.12. The third-order valence-electron chi connectivity index (χ3n) is 3.65. The fourth-order valence-corrected chi connectivity index (χ4v) is 3.98. The lowest BCUT2D eigenvalue weighted by Crippen LogP contribution is -2.38. The summed E-state index contributed by atoms with van der Waals surface area (Å²) in [7, 11) is 0. The van der Waals surface area contributed by atoms with Crippen LogP contribution >= 0.6 is 31.9 Å². The normalized spacial score (nSPS) is 20.5. The molecule has 1 heterocycles. The third-order valence-corrected chi connectivity index (χ3v) is 6.41. The van der Waals surface area contributed by atoms with Gasteiger partial charge in [-0.25, -0.2) is 0 Å². The van der Waals surface area contributed by atoms with Crippen molar-refractivity contribution in [2.24, 2.45) is 0 Å². The average Bonchev–Trinajstić information content (AvgIpc) is 2.62. The van der Waals surface area contributed by atoms with E-state index in [1.54, 1.807) is 36.4 Å². The molecule has 2 aromatic rings. The third kappa shape index (κ3) is 2.80. The van der Waals surface area contributed by atoms with E-state index >= 15 is 0 Å². The lowest BCUT2D eigenvalue weighted by atomic mass is 10.0. The molecule has 7 heteroatoms. The highest BCUT2D eigenvalue weighted by atomic mass is 79.9. The van der Waals surface area contributed by atoms with Crippen LogP contribution in [0.5, 0.6) is 0 Å². The Hall–Kier alpha value is -1.34. The van der Waals surface area contributed by atoms with Gasteiger partial charge in [-0.1, -0.05) is 68.3 Å². The monoisotopic (exact) mass is 447 g/mol. The van der Waals surface area contributed by atoms with E-state index in [9.17, 15) is 18.0 Å². The van der Waals surface area contributed by atoms with Crippen molar-refractivity contribution in [3.05, 3.63) is 59.7 Å². The standard InChI is InChI=1S/C16H10Br2F3NO/c17-13-9-5-1-3-7-11(9)22(15(23)16(19,20)21)12-8-4-2-6-10(12)14(13)18/h1-8,13-14H. The maximum absolute atomic E-state index is 13.1. The van der Waals surface area contributed by atoms with Gasteiger partial charge < -0.3 is 0 Å². The van der Waals surface area contributed by atoms with Crippen molar-refractivity contribution < 1.29 is 18.0 Å². The number of hydrogen-bond donors (Lipinski definition) is 0. The van der Waals surface area contributed by atoms with E-state index in [2.05, 4.69) is 31.9 Å². The van der Waals surface area contributed by atoms with E-state index in [1.807, 2.05) is 0 Å². The first-order chi connectivity index (χ1) is 10.8. The number of rotatable bonds is 0. The van der Waals surface area contributed by atoms with Crippen molar-refractivity contribution in [3.63, 3.8) is 0 Å². The second kappa shape index (κ2) is 5.94. The first-order valence-electron chi connectivity index (χ1n) is 6.69. The topological polar surface area (TPSA) is 20.3 Å². The summed E-state index contributed by atoms with van der Waals surface area (Å²) in [5.41, 5.74) is 1.68. The summed E-state index contributed by atoms with van der Waals surface area (Å²) in [5, 5.41) is 0. The van der Waals surface area contributed by atoms with Crippen LogP contribution in [0.2, 0.25) is 0 Å². The van der Waals surface area contributed by atoms with E-state index in [-0.39, 0.29) is 21.0 Å². The number of carbonyl (C=O) groups excluding carboxylic acids is 1. The van der Waals surface area contributed by atoms with Crippen LogP contribution in [-0.2, 0) is 4.79 Å². The SMILES string of the molecule is O=C(N1c2ccccc2C(Br)C(Br)c2ccccc21)C(F)(F)F. The Morgan fingerprint density at radius 1 is 0.870 bits per heavy atom. The predicted octanol–water partition coefficient (Wildman–Crippen LogP) is 5.80. The summed E-state index contributed by atoms with van der Waals surface area (Å²) in [6, 6.07) is 13.2. The van der Waals surface area contributed by atoms with Crippen LogP contribution in [0.1, 0.15) is 20.8 Å². The number of fused-ring (bicyclic) bond motifs is 2. The molecule has 2 atom stereocenters. The zero-order valence-electron chi connectivity index (χ0n) is 11.5. The first-order valence-corrected chi connectivity index (χ1v) is 8.53. The molecule has 2 nitrogen and oxygen atoms in total. The van der Waals surface area contributed by atoms with Crippen LogP contribution < -0.4 is 4.90 Å². The van der Waals surface area contributed by atoms with Crippen LogP contribution in [0.15, 0.2) is 48.5 Å². The second-order valence-electron chi connectivity index (χ2n) is 5.06. The summed E-state index contributed by atoms with van der Waals surface area (Å²) in [6.45, 7) is 0. The summed E-state index contributed by atoms with van der Waals surface area (Å²) in [4.78, 5) is 12.3. The van der Waals surface area contributed by atoms with E-state index in [4.69, 9.17) is 0 Å². The van der Waals surface area contributed by atoms with Gasteiger partial charge in [0.25, 0.3) is 0 Å². The Balaban J connectivity index is 2.32. The number of benzene rings is 2. The number of hydrogen-bond acceptors (Lipinski definition) is 1. The van der Waals surface area contributed by atoms with Crippen molar-refractivity contribution in [1.29, 1.82) is 0 Å². The zero-order valence-corrected chi connectivity index (χ0v) is 14.7. The quantitative estimate of drug-likeness (QED) is 0.466. The fourth-order valence-electron chi connectivity index (χ4n) is 2.64. The van der Waals surface area contributed by atoms with Crippen molar-refractivity contribution in [1.82, 2.24) is 0 Å². The number of carbonyl (C=O) groups is 1. The van der Waals surface area contributed by atoms with Gasteiger partial charge in [0.15, 0.2) is 0 Å². The van der Waals surface area contributed by atoms with Gasteiger partial charge in [0.05, 0.1) is 21.0 Å². The van der Waals surface area contributed by atoms with Crippen LogP contribution in [0.25, 0.3) is 0 Å². The Kier molecular flexibility index (Phi) is 4.27. The smallest absolute Gasteiger partial charge is 0.273 e. The molecule has 2 aromatic carbocycles. The fraction of sp³-hybridized carbons (Fsp3) is 0.188. The van der Waals surface area contributed by atoms with Crippen LogP contribution in [0.4, 0.5) is 24.5 Å². The van der Waals surface area contributed by atoms with Crippen molar-refractivity contribution in [3.8, 4) is 0 Å². The zero-order chi connectivity index (χ0) is 16.8. The average molecular weight is 449 g/mol. The van der Waals surface area contributed by atoms with Crippen molar-refractivity contribution in [2.45, 2.75) is 15.8 Å². The van der Waals surface area contributed by atoms with E-state index in [1.165, 1.54) is 12.1 Å². The molecular weight excluding hydrogens is 439 g/mol. The number of amides is 1. The number of alkyl halides is 5. The van der Waals surface area contributed by atoms with Gasteiger partial charge in [-0.05, 0) is 23.3 Å². The molecule has 120 valence electrons. The largest absolute Gasteiger partial charge is 0.472 e. The Morgan fingerprint density at radius 2 is 1.26 bits per heavy atom. The number of para-hydroxylation sites is 2. The molecule has 0 N–H and O–H groups in total. The van der Waals surface area contributed by atoms with Gasteiger partial charge >= 0.3 is 12.1 Å². The Labute approximate surface area is 147 Å². The van der Waals surface area contributed by atoms with Crippen LogP contribution in [0.3, 0.4) is 0 Å². The molecule has 23 heavy (non-hydrogen) atoms. The molecule has 0 aromatic heterocycles. The molecule has 2 unspecified atom stereocenters. The molecule has 0 saturated heterocycles. The minimum absolute atomic E-state index is 0.228. The lowest BCUT2D eigenvalue weighted by molar-refractivity contribution is -0.169. The number of nitrogens with zero attached hydrogens (tertiary/aromatic N) is 1. The molecule has 1 amide bonds. The Bertz CT molecular complexity index is 711. The van der Waals surface area contributed by atoms with Crippen molar-refractivity contribution >= 4 is 49.1 Å². The molecule has 0 aliphatic carbocycles. The predicted molar refractivity (Wildman–Crippen MR) is 89.4 cm³/mol. The summed E-state index contributed by atoms with van der Waals surface area (Å²) >= 11 is 7.07. The minimum Gasteiger partial charge on any atom is -0.273 e. The van der Waals surface area contributed by atoms with Crippen LogP contribution in [0, 0.1) is 0 Å². The summed E-state index contributed by atoms with van der Waals surface area (Å²) in [6.07, 6.45) is -4.96. The molecular formula is C16H10Br2F3NO. The van der Waals surface area contributed by atoms with Gasteiger partial charge in [0, 0.05) is 0 Å². The van der Waals surface area contributed by atoms with Gasteiger partial charge in [0.1, 0.15) is 0 Å². The molecule has 3 rings (SSSR count). The van der Waals surface area contributed by atoms with E-state index < -0.39 is 12.1 Å². The molecule has 0 spiro atoms. The summed E-state index contributed by atoms with van der Waals surface area (Å²) in [5.74, 6) is -1.90. The minimum atomic E-state index is -4.96. The highest BCUT2D eigenvalue weighted by Gasteiger charge is 2.46. The Morgan fingerprint density at radius 3 is 1.65 bits per heavy atom. The molecule has 1 aliphatic heterocycles. The van der Waals surface area contributed by atoms with Gasteiger partial charge in [-0.2, -0.15) is 13.2 Å². The molecule has 0 saturated carbocycles.